The molecular formula is C13H21N3S. The van der Waals surface area contributed by atoms with Crippen LogP contribution in [0.1, 0.15) is 26.2 Å². The molecule has 1 aromatic heterocycles. The van der Waals surface area contributed by atoms with Gasteiger partial charge in [-0.05, 0) is 31.1 Å². The maximum atomic E-state index is 4.22. The molecule has 3 nitrogen and oxygen atoms in total. The fraction of sp³-hybridized carbons (Fsp3) is 0.615. The van der Waals surface area contributed by atoms with Crippen molar-refractivity contribution in [2.45, 2.75) is 37.5 Å². The first-order chi connectivity index (χ1) is 8.31. The standard InChI is InChI=1S/C13H21N3S/c1-3-17-13-5-4-10(7-13)16-12-6-11(14-2)8-15-9-12/h6,8-10,13-14,16H,3-5,7H2,1-2H3. The van der Waals surface area contributed by atoms with E-state index in [0.29, 0.717) is 6.04 Å². The van der Waals surface area contributed by atoms with Crippen molar-refractivity contribution in [2.75, 3.05) is 23.4 Å². The molecule has 1 fully saturated rings. The normalized spacial score (nSPS) is 23.6. The van der Waals surface area contributed by atoms with Gasteiger partial charge in [0.1, 0.15) is 0 Å². The monoisotopic (exact) mass is 251 g/mol. The fourth-order valence-electron chi connectivity index (χ4n) is 2.35. The predicted molar refractivity (Wildman–Crippen MR) is 77.0 cm³/mol. The Hall–Kier alpha value is -0.900. The van der Waals surface area contributed by atoms with Crippen LogP contribution >= 0.6 is 11.8 Å². The van der Waals surface area contributed by atoms with Crippen LogP contribution in [0.25, 0.3) is 0 Å². The summed E-state index contributed by atoms with van der Waals surface area (Å²) >= 11 is 2.09. The maximum Gasteiger partial charge on any atom is 0.0549 e. The molecule has 2 unspecified atom stereocenters. The first kappa shape index (κ1) is 12.6. The van der Waals surface area contributed by atoms with Gasteiger partial charge in [0.05, 0.1) is 23.8 Å². The molecule has 0 bridgehead atoms. The molecule has 4 heteroatoms. The second-order valence-corrected chi connectivity index (χ2v) is 6.02. The van der Waals surface area contributed by atoms with Crippen molar-refractivity contribution in [1.82, 2.24) is 4.98 Å². The van der Waals surface area contributed by atoms with E-state index in [1.807, 2.05) is 19.4 Å². The molecule has 1 heterocycles. The summed E-state index contributed by atoms with van der Waals surface area (Å²) in [6.45, 7) is 2.24. The largest absolute Gasteiger partial charge is 0.387 e. The molecule has 1 aromatic rings. The van der Waals surface area contributed by atoms with Crippen LogP contribution in [-0.4, -0.2) is 29.1 Å². The lowest BCUT2D eigenvalue weighted by molar-refractivity contribution is 0.756. The lowest BCUT2D eigenvalue weighted by atomic mass is 10.2. The van der Waals surface area contributed by atoms with Gasteiger partial charge in [-0.1, -0.05) is 6.92 Å². The molecule has 94 valence electrons. The van der Waals surface area contributed by atoms with E-state index in [-0.39, 0.29) is 0 Å². The highest BCUT2D eigenvalue weighted by molar-refractivity contribution is 7.99. The molecule has 2 rings (SSSR count). The molecular weight excluding hydrogens is 230 g/mol. The minimum absolute atomic E-state index is 0.618. The smallest absolute Gasteiger partial charge is 0.0549 e. The lowest BCUT2D eigenvalue weighted by Crippen LogP contribution is -2.16. The Balaban J connectivity index is 1.88. The summed E-state index contributed by atoms with van der Waals surface area (Å²) in [6, 6.07) is 2.74. The second-order valence-electron chi connectivity index (χ2n) is 4.44. The number of anilines is 2. The van der Waals surface area contributed by atoms with Gasteiger partial charge in [-0.25, -0.2) is 0 Å². The minimum atomic E-state index is 0.618. The first-order valence-electron chi connectivity index (χ1n) is 6.32. The molecule has 0 aliphatic heterocycles. The number of aromatic nitrogens is 1. The molecule has 0 aromatic carbocycles. The van der Waals surface area contributed by atoms with E-state index in [1.54, 1.807) is 0 Å². The van der Waals surface area contributed by atoms with Crippen molar-refractivity contribution in [3.05, 3.63) is 18.5 Å². The van der Waals surface area contributed by atoms with Crippen LogP contribution in [-0.2, 0) is 0 Å². The Morgan fingerprint density at radius 1 is 1.35 bits per heavy atom. The summed E-state index contributed by atoms with van der Waals surface area (Å²) in [5.74, 6) is 1.23. The van der Waals surface area contributed by atoms with Crippen LogP contribution in [0.4, 0.5) is 11.4 Å². The van der Waals surface area contributed by atoms with Gasteiger partial charge in [-0.3, -0.25) is 4.98 Å². The maximum absolute atomic E-state index is 4.22. The molecule has 2 atom stereocenters. The van der Waals surface area contributed by atoms with Crippen LogP contribution in [0.3, 0.4) is 0 Å². The highest BCUT2D eigenvalue weighted by Gasteiger charge is 2.24. The van der Waals surface area contributed by atoms with Gasteiger partial charge >= 0.3 is 0 Å². The molecule has 0 saturated heterocycles. The van der Waals surface area contributed by atoms with E-state index in [4.69, 9.17) is 0 Å². The number of thioether (sulfide) groups is 1. The number of rotatable bonds is 5. The molecule has 17 heavy (non-hydrogen) atoms. The zero-order valence-electron chi connectivity index (χ0n) is 10.6. The van der Waals surface area contributed by atoms with Crippen LogP contribution in [0.2, 0.25) is 0 Å². The van der Waals surface area contributed by atoms with Crippen molar-refractivity contribution in [3.63, 3.8) is 0 Å². The SMILES string of the molecule is CCSC1CCC(Nc2cncc(NC)c2)C1. The van der Waals surface area contributed by atoms with Gasteiger partial charge < -0.3 is 10.6 Å². The summed E-state index contributed by atoms with van der Waals surface area (Å²) in [4.78, 5) is 4.22. The highest BCUT2D eigenvalue weighted by Crippen LogP contribution is 2.31. The van der Waals surface area contributed by atoms with E-state index in [1.165, 1.54) is 25.0 Å². The Bertz CT molecular complexity index is 356. The zero-order chi connectivity index (χ0) is 12.1. The summed E-state index contributed by atoms with van der Waals surface area (Å²) in [5.41, 5.74) is 2.19. The van der Waals surface area contributed by atoms with Gasteiger partial charge in [0.25, 0.3) is 0 Å². The van der Waals surface area contributed by atoms with E-state index < -0.39 is 0 Å². The van der Waals surface area contributed by atoms with Crippen molar-refractivity contribution in [2.24, 2.45) is 0 Å². The Morgan fingerprint density at radius 3 is 2.94 bits per heavy atom. The number of nitrogens with zero attached hydrogens (tertiary/aromatic N) is 1. The van der Waals surface area contributed by atoms with E-state index in [9.17, 15) is 0 Å². The molecule has 1 aliphatic carbocycles. The number of nitrogens with one attached hydrogen (secondary N) is 2. The molecule has 0 spiro atoms. The summed E-state index contributed by atoms with van der Waals surface area (Å²) < 4.78 is 0. The molecule has 2 N–H and O–H groups in total. The van der Waals surface area contributed by atoms with Gasteiger partial charge in [-0.15, -0.1) is 0 Å². The highest BCUT2D eigenvalue weighted by atomic mass is 32.2. The van der Waals surface area contributed by atoms with Crippen LogP contribution < -0.4 is 10.6 Å². The van der Waals surface area contributed by atoms with Crippen molar-refractivity contribution in [3.8, 4) is 0 Å². The Kier molecular flexibility index (Phi) is 4.54. The van der Waals surface area contributed by atoms with E-state index in [2.05, 4.69) is 40.4 Å². The molecule has 0 amide bonds. The predicted octanol–water partition coefficient (Wildman–Crippen LogP) is 3.21. The van der Waals surface area contributed by atoms with Crippen LogP contribution in [0.5, 0.6) is 0 Å². The fourth-order valence-corrected chi connectivity index (χ4v) is 3.49. The van der Waals surface area contributed by atoms with Gasteiger partial charge in [0.15, 0.2) is 0 Å². The van der Waals surface area contributed by atoms with Crippen molar-refractivity contribution < 1.29 is 0 Å². The lowest BCUT2D eigenvalue weighted by Gasteiger charge is -2.14. The number of hydrogen-bond donors (Lipinski definition) is 2. The minimum Gasteiger partial charge on any atom is -0.387 e. The van der Waals surface area contributed by atoms with Crippen molar-refractivity contribution >= 4 is 23.1 Å². The Labute approximate surface area is 108 Å². The second kappa shape index (κ2) is 6.15. The molecule has 1 saturated carbocycles. The van der Waals surface area contributed by atoms with E-state index >= 15 is 0 Å². The third-order valence-electron chi connectivity index (χ3n) is 3.18. The zero-order valence-corrected chi connectivity index (χ0v) is 11.4. The average Bonchev–Trinajstić information content (AvgIpc) is 2.77. The van der Waals surface area contributed by atoms with Crippen molar-refractivity contribution in [1.29, 1.82) is 0 Å². The number of hydrogen-bond acceptors (Lipinski definition) is 4. The van der Waals surface area contributed by atoms with Gasteiger partial charge in [0, 0.05) is 18.3 Å². The van der Waals surface area contributed by atoms with E-state index in [0.717, 1.165) is 16.6 Å². The van der Waals surface area contributed by atoms with Gasteiger partial charge in [-0.2, -0.15) is 11.8 Å². The van der Waals surface area contributed by atoms with Crippen LogP contribution in [0, 0.1) is 0 Å². The third-order valence-corrected chi connectivity index (χ3v) is 4.42. The molecule has 0 radical (unpaired) electrons. The summed E-state index contributed by atoms with van der Waals surface area (Å²) in [7, 11) is 1.92. The quantitative estimate of drug-likeness (QED) is 0.842. The third kappa shape index (κ3) is 3.53. The summed E-state index contributed by atoms with van der Waals surface area (Å²) in [6.07, 6.45) is 7.65. The topological polar surface area (TPSA) is 37.0 Å². The molecule has 1 aliphatic rings. The van der Waals surface area contributed by atoms with Crippen LogP contribution in [0.15, 0.2) is 18.5 Å². The summed E-state index contributed by atoms with van der Waals surface area (Å²) in [5, 5.41) is 7.55. The Morgan fingerprint density at radius 2 is 2.18 bits per heavy atom. The first-order valence-corrected chi connectivity index (χ1v) is 7.37. The average molecular weight is 251 g/mol. The number of pyridine rings is 1. The van der Waals surface area contributed by atoms with Gasteiger partial charge in [0.2, 0.25) is 0 Å².